The van der Waals surface area contributed by atoms with Crippen LogP contribution in [0.25, 0.3) is 0 Å². The SMILES string of the molecule is CCCCCCCCCCCCCCCCCCCCC(=O)OC(COC(=O)CCCC)COP(=O)(O)OC1C(O)C(O)C(O)C(O)C1O. The maximum atomic E-state index is 12.6. The molecule has 0 heterocycles. The van der Waals surface area contributed by atoms with Crippen molar-refractivity contribution in [2.75, 3.05) is 13.2 Å². The molecule has 1 saturated carbocycles. The Morgan fingerprint density at radius 1 is 0.551 bits per heavy atom. The second kappa shape index (κ2) is 27.5. The zero-order valence-corrected chi connectivity index (χ0v) is 30.9. The van der Waals surface area contributed by atoms with Crippen LogP contribution in [0.1, 0.15) is 155 Å². The first kappa shape index (κ1) is 45.9. The number of carbonyl (C=O) groups is 2. The molecule has 0 aromatic rings. The molecule has 1 rings (SSSR count). The molecule has 0 aromatic carbocycles. The minimum absolute atomic E-state index is 0.102. The number of rotatable bonds is 30. The number of phosphoric acid groups is 1. The molecular formula is C35H67O13P. The van der Waals surface area contributed by atoms with Crippen molar-refractivity contribution in [1.29, 1.82) is 0 Å². The van der Waals surface area contributed by atoms with E-state index in [2.05, 4.69) is 6.92 Å². The number of ether oxygens (including phenoxy) is 2. The fourth-order valence-corrected chi connectivity index (χ4v) is 6.77. The molecule has 6 atom stereocenters. The van der Waals surface area contributed by atoms with Crippen LogP contribution in [-0.2, 0) is 32.7 Å². The molecule has 0 aliphatic heterocycles. The molecule has 1 aliphatic rings. The van der Waals surface area contributed by atoms with Gasteiger partial charge in [0.2, 0.25) is 0 Å². The van der Waals surface area contributed by atoms with E-state index in [1.807, 2.05) is 6.92 Å². The van der Waals surface area contributed by atoms with E-state index in [4.69, 9.17) is 18.5 Å². The molecule has 0 bridgehead atoms. The standard InChI is InChI=1S/C35H67O13P/c1-3-5-7-8-9-10-11-12-13-14-15-16-17-18-19-20-21-22-24-29(37)47-27(25-45-28(36)23-6-4-2)26-46-49(43,44)48-35-33(41)31(39)30(38)32(40)34(35)42/h27,30-35,38-42H,3-26H2,1-2H3,(H,43,44). The third kappa shape index (κ3) is 21.1. The summed E-state index contributed by atoms with van der Waals surface area (Å²) < 4.78 is 32.9. The summed E-state index contributed by atoms with van der Waals surface area (Å²) in [7, 11) is -5.08. The molecule has 14 heteroatoms. The Kier molecular flexibility index (Phi) is 25.7. The summed E-state index contributed by atoms with van der Waals surface area (Å²) in [6.45, 7) is 2.99. The first-order chi connectivity index (χ1) is 23.4. The largest absolute Gasteiger partial charge is 0.472 e. The third-order valence-corrected chi connectivity index (χ3v) is 9.93. The second-order valence-corrected chi connectivity index (χ2v) is 14.9. The Bertz CT molecular complexity index is 891. The molecule has 13 nitrogen and oxygen atoms in total. The van der Waals surface area contributed by atoms with Crippen LogP contribution in [0.3, 0.4) is 0 Å². The van der Waals surface area contributed by atoms with Crippen molar-refractivity contribution in [1.82, 2.24) is 0 Å². The van der Waals surface area contributed by atoms with E-state index in [1.54, 1.807) is 0 Å². The first-order valence-corrected chi connectivity index (χ1v) is 20.3. The Hall–Kier alpha value is -1.15. The highest BCUT2D eigenvalue weighted by Crippen LogP contribution is 2.47. The lowest BCUT2D eigenvalue weighted by molar-refractivity contribution is -0.220. The average Bonchev–Trinajstić information content (AvgIpc) is 3.08. The van der Waals surface area contributed by atoms with Crippen molar-refractivity contribution >= 4 is 19.8 Å². The molecule has 290 valence electrons. The van der Waals surface area contributed by atoms with E-state index in [0.717, 1.165) is 25.7 Å². The number of phosphoric ester groups is 1. The van der Waals surface area contributed by atoms with E-state index in [9.17, 15) is 44.6 Å². The third-order valence-electron chi connectivity index (χ3n) is 8.95. The van der Waals surface area contributed by atoms with Gasteiger partial charge in [-0.05, 0) is 12.8 Å². The predicted octanol–water partition coefficient (Wildman–Crippen LogP) is 5.38. The molecule has 0 aromatic heterocycles. The van der Waals surface area contributed by atoms with E-state index >= 15 is 0 Å². The van der Waals surface area contributed by atoms with Crippen LogP contribution in [0.2, 0.25) is 0 Å². The predicted molar refractivity (Wildman–Crippen MR) is 184 cm³/mol. The van der Waals surface area contributed by atoms with Gasteiger partial charge in [0.1, 0.15) is 43.2 Å². The van der Waals surface area contributed by atoms with Crippen molar-refractivity contribution in [3.05, 3.63) is 0 Å². The van der Waals surface area contributed by atoms with E-state index in [1.165, 1.54) is 89.9 Å². The fraction of sp³-hybridized carbons (Fsp3) is 0.943. The van der Waals surface area contributed by atoms with Gasteiger partial charge in [0, 0.05) is 12.8 Å². The number of hydrogen-bond acceptors (Lipinski definition) is 12. The Balaban J connectivity index is 2.33. The number of carbonyl (C=O) groups excluding carboxylic acids is 2. The lowest BCUT2D eigenvalue weighted by atomic mass is 9.85. The van der Waals surface area contributed by atoms with Crippen LogP contribution in [0.5, 0.6) is 0 Å². The van der Waals surface area contributed by atoms with Crippen molar-refractivity contribution in [3.8, 4) is 0 Å². The Morgan fingerprint density at radius 3 is 1.39 bits per heavy atom. The number of hydrogen-bond donors (Lipinski definition) is 6. The number of unbranched alkanes of at least 4 members (excludes halogenated alkanes) is 18. The Morgan fingerprint density at radius 2 is 0.939 bits per heavy atom. The molecular weight excluding hydrogens is 659 g/mol. The first-order valence-electron chi connectivity index (χ1n) is 18.8. The van der Waals surface area contributed by atoms with Gasteiger partial charge in [0.25, 0.3) is 0 Å². The maximum Gasteiger partial charge on any atom is 0.472 e. The van der Waals surface area contributed by atoms with Gasteiger partial charge < -0.3 is 39.9 Å². The lowest BCUT2D eigenvalue weighted by Gasteiger charge is -2.41. The highest BCUT2D eigenvalue weighted by atomic mass is 31.2. The number of esters is 2. The summed E-state index contributed by atoms with van der Waals surface area (Å²) >= 11 is 0. The monoisotopic (exact) mass is 726 g/mol. The van der Waals surface area contributed by atoms with Gasteiger partial charge in [-0.2, -0.15) is 0 Å². The normalized spacial score (nSPS) is 24.3. The molecule has 0 spiro atoms. The number of aliphatic hydroxyl groups is 5. The summed E-state index contributed by atoms with van der Waals surface area (Å²) in [5.41, 5.74) is 0. The molecule has 0 amide bonds. The average molecular weight is 727 g/mol. The van der Waals surface area contributed by atoms with Crippen molar-refractivity contribution in [3.63, 3.8) is 0 Å². The van der Waals surface area contributed by atoms with Crippen molar-refractivity contribution < 1.29 is 63.1 Å². The van der Waals surface area contributed by atoms with Gasteiger partial charge in [-0.1, -0.05) is 129 Å². The maximum absolute atomic E-state index is 12.6. The quantitative estimate of drug-likeness (QED) is 0.0312. The number of aliphatic hydroxyl groups excluding tert-OH is 5. The topological polar surface area (TPSA) is 210 Å². The zero-order chi connectivity index (χ0) is 36.5. The van der Waals surface area contributed by atoms with E-state index < -0.39 is 75.7 Å². The highest BCUT2D eigenvalue weighted by molar-refractivity contribution is 7.47. The molecule has 1 aliphatic carbocycles. The second-order valence-electron chi connectivity index (χ2n) is 13.4. The van der Waals surface area contributed by atoms with Crippen molar-refractivity contribution in [2.24, 2.45) is 0 Å². The lowest BCUT2D eigenvalue weighted by Crippen LogP contribution is -2.64. The van der Waals surface area contributed by atoms with Crippen LogP contribution in [0, 0.1) is 0 Å². The van der Waals surface area contributed by atoms with E-state index in [-0.39, 0.29) is 12.8 Å². The molecule has 6 unspecified atom stereocenters. The van der Waals surface area contributed by atoms with Crippen molar-refractivity contribution in [2.45, 2.75) is 198 Å². The summed E-state index contributed by atoms with van der Waals surface area (Å²) in [6.07, 6.45) is 10.5. The van der Waals surface area contributed by atoms with Crippen LogP contribution >= 0.6 is 7.82 Å². The van der Waals surface area contributed by atoms with Gasteiger partial charge in [0.05, 0.1) is 6.61 Å². The molecule has 0 saturated heterocycles. The Labute approximate surface area is 293 Å². The van der Waals surface area contributed by atoms with Crippen LogP contribution in [0.4, 0.5) is 0 Å². The minimum Gasteiger partial charge on any atom is -0.462 e. The van der Waals surface area contributed by atoms with Gasteiger partial charge in [-0.3, -0.25) is 18.6 Å². The van der Waals surface area contributed by atoms with Gasteiger partial charge >= 0.3 is 19.8 Å². The van der Waals surface area contributed by atoms with Gasteiger partial charge in [-0.15, -0.1) is 0 Å². The zero-order valence-electron chi connectivity index (χ0n) is 30.0. The van der Waals surface area contributed by atoms with Gasteiger partial charge in [-0.25, -0.2) is 4.57 Å². The molecule has 6 N–H and O–H groups in total. The van der Waals surface area contributed by atoms with Crippen LogP contribution in [0.15, 0.2) is 0 Å². The van der Waals surface area contributed by atoms with Crippen LogP contribution < -0.4 is 0 Å². The van der Waals surface area contributed by atoms with Gasteiger partial charge in [0.15, 0.2) is 6.10 Å². The summed E-state index contributed by atoms with van der Waals surface area (Å²) in [5, 5.41) is 49.6. The van der Waals surface area contributed by atoms with Crippen LogP contribution in [-0.4, -0.2) is 98.3 Å². The summed E-state index contributed by atoms with van der Waals surface area (Å²) in [4.78, 5) is 34.8. The smallest absolute Gasteiger partial charge is 0.462 e. The van der Waals surface area contributed by atoms with E-state index in [0.29, 0.717) is 12.8 Å². The fourth-order valence-electron chi connectivity index (χ4n) is 5.79. The molecule has 1 fully saturated rings. The molecule has 0 radical (unpaired) electrons. The summed E-state index contributed by atoms with van der Waals surface area (Å²) in [6, 6.07) is 0. The minimum atomic E-state index is -5.08. The highest BCUT2D eigenvalue weighted by Gasteiger charge is 2.51. The summed E-state index contributed by atoms with van der Waals surface area (Å²) in [5.74, 6) is -1.13. The molecule has 49 heavy (non-hydrogen) atoms.